The molecule has 0 bridgehead atoms. The maximum absolute atomic E-state index is 6.06. The van der Waals surface area contributed by atoms with E-state index in [-0.39, 0.29) is 0 Å². The molecule has 0 aliphatic rings. The van der Waals surface area contributed by atoms with Crippen molar-refractivity contribution in [2.75, 3.05) is 11.9 Å². The molecule has 1 N–H and O–H groups in total. The van der Waals surface area contributed by atoms with Crippen LogP contribution < -0.4 is 5.32 Å². The highest BCUT2D eigenvalue weighted by Gasteiger charge is 2.08. The molecule has 0 aliphatic heterocycles. The lowest BCUT2D eigenvalue weighted by molar-refractivity contribution is 0.410. The molecule has 96 valence electrons. The molecule has 0 atom stereocenters. The third kappa shape index (κ3) is 3.16. The summed E-state index contributed by atoms with van der Waals surface area (Å²) in [6.07, 6.45) is 5.29. The summed E-state index contributed by atoms with van der Waals surface area (Å²) in [6.45, 7) is 2.76. The van der Waals surface area contributed by atoms with Crippen LogP contribution in [0.5, 0.6) is 0 Å². The third-order valence-electron chi connectivity index (χ3n) is 2.44. The molecule has 2 rings (SSSR count). The highest BCUT2D eigenvalue weighted by Crippen LogP contribution is 2.21. The summed E-state index contributed by atoms with van der Waals surface area (Å²) in [6, 6.07) is 0. The van der Waals surface area contributed by atoms with Gasteiger partial charge in [-0.2, -0.15) is 4.98 Å². The van der Waals surface area contributed by atoms with Crippen LogP contribution in [0.25, 0.3) is 0 Å². The lowest BCUT2D eigenvalue weighted by Gasteiger charge is -2.10. The first-order valence-electron chi connectivity index (χ1n) is 5.79. The minimum Gasteiger partial charge on any atom is -0.369 e. The van der Waals surface area contributed by atoms with Gasteiger partial charge < -0.3 is 9.84 Å². The predicted molar refractivity (Wildman–Crippen MR) is 67.5 cm³/mol. The zero-order valence-electron chi connectivity index (χ0n) is 10.1. The van der Waals surface area contributed by atoms with Crippen molar-refractivity contribution >= 4 is 17.4 Å². The van der Waals surface area contributed by atoms with E-state index in [0.717, 1.165) is 24.2 Å². The molecule has 2 aromatic heterocycles. The topological polar surface area (TPSA) is 76.7 Å². The molecule has 0 fully saturated rings. The number of aromatic nitrogens is 4. The second kappa shape index (κ2) is 6.30. The Bertz CT molecular complexity index is 488. The molecule has 2 heterocycles. The zero-order valence-corrected chi connectivity index (χ0v) is 10.8. The van der Waals surface area contributed by atoms with Crippen LogP contribution in [0.4, 0.5) is 5.82 Å². The van der Waals surface area contributed by atoms with E-state index >= 15 is 0 Å². The van der Waals surface area contributed by atoms with Gasteiger partial charge in [-0.25, -0.2) is 9.97 Å². The first kappa shape index (κ1) is 12.8. The van der Waals surface area contributed by atoms with Crippen LogP contribution >= 0.6 is 11.6 Å². The molecule has 0 aliphatic carbocycles. The van der Waals surface area contributed by atoms with E-state index in [0.29, 0.717) is 23.9 Å². The van der Waals surface area contributed by atoms with Gasteiger partial charge in [0.2, 0.25) is 6.39 Å². The Morgan fingerprint density at radius 1 is 1.28 bits per heavy atom. The summed E-state index contributed by atoms with van der Waals surface area (Å²) in [5, 5.41) is 7.47. The van der Waals surface area contributed by atoms with Crippen LogP contribution in [0.3, 0.4) is 0 Å². The number of nitrogens with one attached hydrogen (secondary N) is 1. The summed E-state index contributed by atoms with van der Waals surface area (Å²) in [4.78, 5) is 12.1. The van der Waals surface area contributed by atoms with Crippen molar-refractivity contribution < 1.29 is 4.52 Å². The first-order chi connectivity index (χ1) is 8.81. The maximum atomic E-state index is 6.06. The number of nitrogens with zero attached hydrogens (tertiary/aromatic N) is 4. The van der Waals surface area contributed by atoms with Gasteiger partial charge in [-0.05, 0) is 6.42 Å². The van der Waals surface area contributed by atoms with Crippen LogP contribution in [0, 0.1) is 0 Å². The van der Waals surface area contributed by atoms with E-state index in [1.165, 1.54) is 12.7 Å². The standard InChI is InChI=1S/C11H14ClN5O/c1-2-3-8-10(12)14-6-15-11(8)13-5-4-9-16-7-18-17-9/h6-7H,2-5H2,1H3,(H,13,14,15). The molecule has 18 heavy (non-hydrogen) atoms. The number of hydrogen-bond acceptors (Lipinski definition) is 6. The quantitative estimate of drug-likeness (QED) is 0.808. The zero-order chi connectivity index (χ0) is 12.8. The van der Waals surface area contributed by atoms with Gasteiger partial charge in [0.25, 0.3) is 0 Å². The fraction of sp³-hybridized carbons (Fsp3) is 0.455. The summed E-state index contributed by atoms with van der Waals surface area (Å²) in [7, 11) is 0. The highest BCUT2D eigenvalue weighted by molar-refractivity contribution is 6.30. The Balaban J connectivity index is 1.98. The lowest BCUT2D eigenvalue weighted by Crippen LogP contribution is -2.10. The minimum atomic E-state index is 0.508. The van der Waals surface area contributed by atoms with Gasteiger partial charge in [0, 0.05) is 18.5 Å². The van der Waals surface area contributed by atoms with E-state index in [1.807, 2.05) is 0 Å². The van der Waals surface area contributed by atoms with Crippen molar-refractivity contribution in [1.82, 2.24) is 20.1 Å². The van der Waals surface area contributed by atoms with Gasteiger partial charge in [-0.3, -0.25) is 0 Å². The smallest absolute Gasteiger partial charge is 0.213 e. The van der Waals surface area contributed by atoms with E-state index in [9.17, 15) is 0 Å². The van der Waals surface area contributed by atoms with Crippen molar-refractivity contribution in [3.8, 4) is 0 Å². The lowest BCUT2D eigenvalue weighted by atomic mass is 10.2. The molecule has 0 spiro atoms. The Kier molecular flexibility index (Phi) is 4.46. The molecule has 0 aromatic carbocycles. The SMILES string of the molecule is CCCc1c(Cl)ncnc1NCCc1ncon1. The van der Waals surface area contributed by atoms with Gasteiger partial charge >= 0.3 is 0 Å². The molecule has 0 saturated heterocycles. The molecule has 2 aromatic rings. The number of rotatable bonds is 6. The van der Waals surface area contributed by atoms with Gasteiger partial charge in [0.1, 0.15) is 17.3 Å². The van der Waals surface area contributed by atoms with E-state index < -0.39 is 0 Å². The molecule has 0 unspecified atom stereocenters. The molecule has 0 saturated carbocycles. The second-order valence-electron chi connectivity index (χ2n) is 3.77. The van der Waals surface area contributed by atoms with Crippen LogP contribution in [0.15, 0.2) is 17.2 Å². The van der Waals surface area contributed by atoms with Crippen LogP contribution in [-0.2, 0) is 12.8 Å². The average molecular weight is 268 g/mol. The minimum absolute atomic E-state index is 0.508. The van der Waals surface area contributed by atoms with Gasteiger partial charge in [0.15, 0.2) is 5.82 Å². The van der Waals surface area contributed by atoms with Crippen molar-refractivity contribution in [2.24, 2.45) is 0 Å². The normalized spacial score (nSPS) is 10.6. The number of hydrogen-bond donors (Lipinski definition) is 1. The second-order valence-corrected chi connectivity index (χ2v) is 4.12. The van der Waals surface area contributed by atoms with Gasteiger partial charge in [-0.15, -0.1) is 0 Å². The predicted octanol–water partition coefficient (Wildman–Crippen LogP) is 2.12. The van der Waals surface area contributed by atoms with Crippen molar-refractivity contribution in [1.29, 1.82) is 0 Å². The summed E-state index contributed by atoms with van der Waals surface area (Å²) in [5.41, 5.74) is 0.953. The fourth-order valence-electron chi connectivity index (χ4n) is 1.61. The number of halogens is 1. The average Bonchev–Trinajstić information content (AvgIpc) is 2.86. The fourth-order valence-corrected chi connectivity index (χ4v) is 1.84. The van der Waals surface area contributed by atoms with E-state index in [1.54, 1.807) is 0 Å². The first-order valence-corrected chi connectivity index (χ1v) is 6.17. The van der Waals surface area contributed by atoms with Crippen molar-refractivity contribution in [3.63, 3.8) is 0 Å². The van der Waals surface area contributed by atoms with Crippen LogP contribution in [0.1, 0.15) is 24.7 Å². The molecular formula is C11H14ClN5O. The summed E-state index contributed by atoms with van der Waals surface area (Å²) in [5.74, 6) is 1.44. The Labute approximate surface area is 110 Å². The summed E-state index contributed by atoms with van der Waals surface area (Å²) < 4.78 is 4.66. The van der Waals surface area contributed by atoms with Crippen molar-refractivity contribution in [2.45, 2.75) is 26.2 Å². The molecular weight excluding hydrogens is 254 g/mol. The summed E-state index contributed by atoms with van der Waals surface area (Å²) >= 11 is 6.06. The molecule has 7 heteroatoms. The van der Waals surface area contributed by atoms with E-state index in [4.69, 9.17) is 11.6 Å². The largest absolute Gasteiger partial charge is 0.369 e. The Morgan fingerprint density at radius 2 is 2.17 bits per heavy atom. The van der Waals surface area contributed by atoms with E-state index in [2.05, 4.69) is 36.9 Å². The molecule has 6 nitrogen and oxygen atoms in total. The van der Waals surface area contributed by atoms with Crippen LogP contribution in [0.2, 0.25) is 5.15 Å². The van der Waals surface area contributed by atoms with Gasteiger partial charge in [0.05, 0.1) is 0 Å². The van der Waals surface area contributed by atoms with Gasteiger partial charge in [-0.1, -0.05) is 30.1 Å². The van der Waals surface area contributed by atoms with Crippen LogP contribution in [-0.4, -0.2) is 26.7 Å². The molecule has 0 amide bonds. The maximum Gasteiger partial charge on any atom is 0.213 e. The highest BCUT2D eigenvalue weighted by atomic mass is 35.5. The molecule has 0 radical (unpaired) electrons. The number of anilines is 1. The van der Waals surface area contributed by atoms with Crippen molar-refractivity contribution in [3.05, 3.63) is 29.3 Å². The monoisotopic (exact) mass is 267 g/mol. The Hall–Kier alpha value is -1.69. The third-order valence-corrected chi connectivity index (χ3v) is 2.77. The Morgan fingerprint density at radius 3 is 2.89 bits per heavy atom.